The van der Waals surface area contributed by atoms with Gasteiger partial charge in [0.1, 0.15) is 6.61 Å². The fraction of sp³-hybridized carbons (Fsp3) is 0.423. The number of hydrogen-bond acceptors (Lipinski definition) is 5. The summed E-state index contributed by atoms with van der Waals surface area (Å²) in [5, 5.41) is 11.7. The molecule has 2 aromatic rings. The van der Waals surface area contributed by atoms with Gasteiger partial charge < -0.3 is 20.1 Å². The van der Waals surface area contributed by atoms with Crippen LogP contribution in [0.15, 0.2) is 48.5 Å². The van der Waals surface area contributed by atoms with E-state index in [1.54, 1.807) is 0 Å². The van der Waals surface area contributed by atoms with Gasteiger partial charge in [0.25, 0.3) is 0 Å². The minimum absolute atomic E-state index is 0.0120. The second-order valence-corrected chi connectivity index (χ2v) is 9.30. The van der Waals surface area contributed by atoms with Crippen LogP contribution in [0.5, 0.6) is 0 Å². The quantitative estimate of drug-likeness (QED) is 0.654. The number of fused-ring (bicyclic) bond motifs is 3. The Hall–Kier alpha value is -3.39. The highest BCUT2D eigenvalue weighted by Crippen LogP contribution is 2.44. The van der Waals surface area contributed by atoms with Gasteiger partial charge in [0.05, 0.1) is 6.54 Å². The molecule has 0 unspecified atom stereocenters. The van der Waals surface area contributed by atoms with E-state index in [9.17, 15) is 14.4 Å². The van der Waals surface area contributed by atoms with Crippen LogP contribution in [0.25, 0.3) is 11.1 Å². The molecule has 3 aliphatic rings. The molecular formula is C26H29N3O5. The van der Waals surface area contributed by atoms with E-state index in [4.69, 9.17) is 9.84 Å². The number of amides is 2. The minimum Gasteiger partial charge on any atom is -0.480 e. The van der Waals surface area contributed by atoms with Crippen molar-refractivity contribution in [3.63, 3.8) is 0 Å². The number of nitrogens with zero attached hydrogens (tertiary/aromatic N) is 2. The lowest BCUT2D eigenvalue weighted by Crippen LogP contribution is -2.50. The summed E-state index contributed by atoms with van der Waals surface area (Å²) in [5.74, 6) is -0.659. The second-order valence-electron chi connectivity index (χ2n) is 9.30. The molecule has 178 valence electrons. The van der Waals surface area contributed by atoms with Crippen molar-refractivity contribution in [2.75, 3.05) is 45.9 Å². The van der Waals surface area contributed by atoms with Crippen molar-refractivity contribution in [2.45, 2.75) is 12.3 Å². The zero-order valence-electron chi connectivity index (χ0n) is 19.0. The molecule has 0 aromatic heterocycles. The first-order valence-corrected chi connectivity index (χ1v) is 11.8. The van der Waals surface area contributed by atoms with Crippen molar-refractivity contribution >= 4 is 18.0 Å². The highest BCUT2D eigenvalue weighted by molar-refractivity contribution is 5.82. The summed E-state index contributed by atoms with van der Waals surface area (Å²) >= 11 is 0. The van der Waals surface area contributed by atoms with E-state index >= 15 is 0 Å². The third-order valence-corrected chi connectivity index (χ3v) is 7.13. The van der Waals surface area contributed by atoms with Crippen LogP contribution < -0.4 is 5.32 Å². The normalized spacial score (nSPS) is 21.5. The molecule has 2 N–H and O–H groups in total. The monoisotopic (exact) mass is 463 g/mol. The predicted octanol–water partition coefficient (Wildman–Crippen LogP) is 2.39. The lowest BCUT2D eigenvalue weighted by Gasteiger charge is -2.34. The van der Waals surface area contributed by atoms with Crippen LogP contribution >= 0.6 is 0 Å². The molecule has 5 rings (SSSR count). The second kappa shape index (κ2) is 9.46. The average molecular weight is 464 g/mol. The van der Waals surface area contributed by atoms with Crippen molar-refractivity contribution in [2.24, 2.45) is 11.8 Å². The van der Waals surface area contributed by atoms with Gasteiger partial charge in [-0.1, -0.05) is 48.5 Å². The van der Waals surface area contributed by atoms with E-state index in [-0.39, 0.29) is 36.8 Å². The van der Waals surface area contributed by atoms with Crippen molar-refractivity contribution in [3.8, 4) is 11.1 Å². The predicted molar refractivity (Wildman–Crippen MR) is 125 cm³/mol. The molecule has 2 aliphatic carbocycles. The number of carboxylic acids is 1. The van der Waals surface area contributed by atoms with E-state index < -0.39 is 12.1 Å². The number of aliphatic carboxylic acids is 1. The zero-order valence-corrected chi connectivity index (χ0v) is 19.0. The molecule has 0 radical (unpaired) electrons. The molecule has 1 saturated heterocycles. The third-order valence-electron chi connectivity index (χ3n) is 7.13. The summed E-state index contributed by atoms with van der Waals surface area (Å²) in [7, 11) is 0. The number of carbonyl (C=O) groups excluding carboxylic acids is 2. The van der Waals surface area contributed by atoms with Gasteiger partial charge in [-0.05, 0) is 34.6 Å². The van der Waals surface area contributed by atoms with E-state index in [0.29, 0.717) is 32.7 Å². The van der Waals surface area contributed by atoms with E-state index in [1.807, 2.05) is 34.1 Å². The minimum atomic E-state index is -0.846. The van der Waals surface area contributed by atoms with Gasteiger partial charge in [-0.25, -0.2) is 4.79 Å². The largest absolute Gasteiger partial charge is 0.480 e. The van der Waals surface area contributed by atoms with Crippen molar-refractivity contribution in [3.05, 3.63) is 59.7 Å². The van der Waals surface area contributed by atoms with Crippen LogP contribution in [0, 0.1) is 11.8 Å². The Labute approximate surface area is 198 Å². The summed E-state index contributed by atoms with van der Waals surface area (Å²) in [6, 6.07) is 16.4. The van der Waals surface area contributed by atoms with Gasteiger partial charge in [-0.15, -0.1) is 0 Å². The Morgan fingerprint density at radius 2 is 1.56 bits per heavy atom. The Balaban J connectivity index is 1.07. The van der Waals surface area contributed by atoms with Gasteiger partial charge in [0.2, 0.25) is 5.91 Å². The van der Waals surface area contributed by atoms with E-state index in [1.165, 1.54) is 22.3 Å². The first kappa shape index (κ1) is 22.4. The fourth-order valence-electron chi connectivity index (χ4n) is 5.19. The molecular weight excluding hydrogens is 434 g/mol. The molecule has 1 heterocycles. The van der Waals surface area contributed by atoms with Gasteiger partial charge in [-0.2, -0.15) is 0 Å². The van der Waals surface area contributed by atoms with Crippen LogP contribution in [0.3, 0.4) is 0 Å². The number of carbonyl (C=O) groups is 3. The average Bonchev–Trinajstić information content (AvgIpc) is 3.56. The molecule has 2 amide bonds. The van der Waals surface area contributed by atoms with Crippen molar-refractivity contribution in [1.82, 2.24) is 15.1 Å². The lowest BCUT2D eigenvalue weighted by atomic mass is 9.98. The summed E-state index contributed by atoms with van der Waals surface area (Å²) in [4.78, 5) is 39.6. The highest BCUT2D eigenvalue weighted by atomic mass is 16.5. The van der Waals surface area contributed by atoms with Crippen LogP contribution in [-0.2, 0) is 14.3 Å². The number of ether oxygens (including phenoxy) is 1. The number of benzene rings is 2. The first-order chi connectivity index (χ1) is 16.5. The van der Waals surface area contributed by atoms with Crippen LogP contribution in [0.4, 0.5) is 4.79 Å². The summed E-state index contributed by atoms with van der Waals surface area (Å²) in [6.45, 7) is 2.96. The maximum atomic E-state index is 12.7. The Bertz CT molecular complexity index is 1050. The van der Waals surface area contributed by atoms with E-state index in [0.717, 1.165) is 6.42 Å². The number of hydrogen-bond donors (Lipinski definition) is 2. The Morgan fingerprint density at radius 3 is 2.18 bits per heavy atom. The summed E-state index contributed by atoms with van der Waals surface area (Å²) < 4.78 is 5.57. The highest BCUT2D eigenvalue weighted by Gasteiger charge is 2.45. The summed E-state index contributed by atoms with van der Waals surface area (Å²) in [5.41, 5.74) is 4.73. The van der Waals surface area contributed by atoms with Gasteiger partial charge in [0.15, 0.2) is 0 Å². The fourth-order valence-corrected chi connectivity index (χ4v) is 5.19. The third kappa shape index (κ3) is 4.63. The number of nitrogens with one attached hydrogen (secondary N) is 1. The van der Waals surface area contributed by atoms with Gasteiger partial charge in [-0.3, -0.25) is 14.5 Å². The standard InChI is InChI=1S/C26H29N3O5/c30-24(31)15-28-9-11-29(12-10-28)25(32)22-13-17(22)14-27-26(33)34-16-23-20-7-3-1-5-18(20)19-6-2-4-8-21(19)23/h1-8,17,22-23H,9-16H2,(H,27,33)(H,30,31)/t17-,22-/m1/s1. The molecule has 2 fully saturated rings. The SMILES string of the molecule is O=C(O)CN1CCN(C(=O)[C@@H]2C[C@@H]2CNC(=O)OCC2c3ccccc3-c3ccccc32)CC1. The maximum absolute atomic E-state index is 12.7. The molecule has 2 aromatic carbocycles. The lowest BCUT2D eigenvalue weighted by molar-refractivity contribution is -0.139. The zero-order chi connectivity index (χ0) is 23.7. The van der Waals surface area contributed by atoms with Crippen LogP contribution in [-0.4, -0.2) is 78.8 Å². The van der Waals surface area contributed by atoms with Crippen molar-refractivity contribution in [1.29, 1.82) is 0 Å². The Morgan fingerprint density at radius 1 is 0.941 bits per heavy atom. The van der Waals surface area contributed by atoms with Gasteiger partial charge in [0, 0.05) is 44.6 Å². The molecule has 34 heavy (non-hydrogen) atoms. The van der Waals surface area contributed by atoms with Gasteiger partial charge >= 0.3 is 12.1 Å². The Kier molecular flexibility index (Phi) is 6.24. The smallest absolute Gasteiger partial charge is 0.407 e. The topological polar surface area (TPSA) is 99.2 Å². The van der Waals surface area contributed by atoms with Crippen LogP contribution in [0.2, 0.25) is 0 Å². The number of piperazine rings is 1. The summed E-state index contributed by atoms with van der Waals surface area (Å²) in [6.07, 6.45) is 0.305. The number of rotatable bonds is 7. The van der Waals surface area contributed by atoms with E-state index in [2.05, 4.69) is 29.6 Å². The molecule has 2 atom stereocenters. The molecule has 8 heteroatoms. The molecule has 1 aliphatic heterocycles. The first-order valence-electron chi connectivity index (χ1n) is 11.8. The molecule has 1 saturated carbocycles. The molecule has 8 nitrogen and oxygen atoms in total. The number of carboxylic acid groups (broad SMARTS) is 1. The number of alkyl carbamates (subject to hydrolysis) is 1. The maximum Gasteiger partial charge on any atom is 0.407 e. The van der Waals surface area contributed by atoms with Crippen molar-refractivity contribution < 1.29 is 24.2 Å². The van der Waals surface area contributed by atoms with Crippen LogP contribution in [0.1, 0.15) is 23.5 Å². The molecule has 0 bridgehead atoms. The molecule has 0 spiro atoms.